The number of hydrogen-bond acceptors (Lipinski definition) is 8. The average Bonchev–Trinajstić information content (AvgIpc) is 3.80. The Morgan fingerprint density at radius 3 is 2.20 bits per heavy atom. The zero-order valence-corrected chi connectivity index (χ0v) is 35.2. The van der Waals surface area contributed by atoms with Crippen LogP contribution in [0, 0.1) is 35.5 Å². The minimum Gasteiger partial charge on any atom is -0.379 e. The van der Waals surface area contributed by atoms with E-state index >= 15 is 0 Å². The maximum absolute atomic E-state index is 14.2. The highest BCUT2D eigenvalue weighted by Crippen LogP contribution is 2.32. The molecule has 0 radical (unpaired) electrons. The molecule has 0 unspecified atom stereocenters. The zero-order valence-electron chi connectivity index (χ0n) is 35.2. The van der Waals surface area contributed by atoms with E-state index in [9.17, 15) is 24.0 Å². The smallest absolute Gasteiger partial charge is 0.226 e. The Labute approximate surface area is 329 Å². The molecule has 12 heteroatoms. The van der Waals surface area contributed by atoms with E-state index in [0.29, 0.717) is 19.4 Å². The van der Waals surface area contributed by atoms with Crippen molar-refractivity contribution in [1.29, 1.82) is 0 Å². The number of amides is 3. The van der Waals surface area contributed by atoms with Crippen molar-refractivity contribution >= 4 is 40.2 Å². The highest BCUT2D eigenvalue weighted by Gasteiger charge is 2.43. The summed E-state index contributed by atoms with van der Waals surface area (Å²) in [7, 11) is 6.66. The summed E-state index contributed by atoms with van der Waals surface area (Å²) in [6.45, 7) is 14.3. The van der Waals surface area contributed by atoms with Gasteiger partial charge in [0.2, 0.25) is 17.7 Å². The molecular formula is C43H69N5O7. The first-order chi connectivity index (χ1) is 26.0. The van der Waals surface area contributed by atoms with E-state index in [-0.39, 0.29) is 72.5 Å². The number of carbonyl (C=O) groups is 5. The van der Waals surface area contributed by atoms with E-state index in [2.05, 4.69) is 24.1 Å². The topological polar surface area (TPSA) is 164 Å². The van der Waals surface area contributed by atoms with E-state index in [1.807, 2.05) is 58.2 Å². The number of nitrogens with one attached hydrogen (secondary N) is 2. The number of nitrogens with zero attached hydrogens (tertiary/aromatic N) is 2. The molecule has 1 fully saturated rings. The summed E-state index contributed by atoms with van der Waals surface area (Å²) >= 11 is 0. The van der Waals surface area contributed by atoms with Gasteiger partial charge in [0, 0.05) is 75.5 Å². The number of para-hydroxylation sites is 1. The van der Waals surface area contributed by atoms with Crippen LogP contribution < -0.4 is 11.1 Å². The minimum absolute atomic E-state index is 0.00265. The van der Waals surface area contributed by atoms with Gasteiger partial charge < -0.3 is 35.3 Å². The number of nitrogens with two attached hydrogens (primary N) is 1. The van der Waals surface area contributed by atoms with Gasteiger partial charge in [0.15, 0.2) is 5.78 Å². The number of likely N-dealkylation sites (N-methyl/N-ethyl adjacent to an activating group) is 2. The number of Topliss-reactive ketones (excluding diaryl/α,β-unsaturated/α-hetero) is 2. The molecule has 1 aromatic heterocycles. The van der Waals surface area contributed by atoms with Gasteiger partial charge in [-0.3, -0.25) is 24.0 Å². The number of ketones is 2. The van der Waals surface area contributed by atoms with Crippen LogP contribution in [0.25, 0.3) is 10.9 Å². The molecule has 3 rings (SSSR count). The van der Waals surface area contributed by atoms with Gasteiger partial charge in [-0.05, 0) is 55.7 Å². The molecule has 0 spiro atoms. The maximum Gasteiger partial charge on any atom is 0.226 e. The van der Waals surface area contributed by atoms with Crippen molar-refractivity contribution in [2.45, 2.75) is 124 Å². The SMILES string of the molecule is CC[C@H](C)[C@@H]([C@@H](CC(=O)N1CCC[C@H]1[C@H](OC)[C@@H](C)C(=O)C[C@@H](Cc1c[nH]c2ccccc12)C(N)=O)OC)N(C)C(=O)[C@@H](CC(=O)[C@@H](NC)C(C)C)C(C)C. The van der Waals surface area contributed by atoms with Gasteiger partial charge in [0.25, 0.3) is 0 Å². The second kappa shape index (κ2) is 21.1. The van der Waals surface area contributed by atoms with Crippen LogP contribution in [0.4, 0.5) is 0 Å². The zero-order chi connectivity index (χ0) is 41.1. The van der Waals surface area contributed by atoms with Crippen LogP contribution in [0.5, 0.6) is 0 Å². The number of benzene rings is 1. The Kier molecular flexibility index (Phi) is 17.5. The van der Waals surface area contributed by atoms with Crippen LogP contribution in [0.15, 0.2) is 30.5 Å². The lowest BCUT2D eigenvalue weighted by Crippen LogP contribution is -2.54. The van der Waals surface area contributed by atoms with Crippen molar-refractivity contribution in [2.75, 3.05) is 34.9 Å². The number of fused-ring (bicyclic) bond motifs is 1. The number of hydrogen-bond donors (Lipinski definition) is 3. The maximum atomic E-state index is 14.2. The highest BCUT2D eigenvalue weighted by atomic mass is 16.5. The molecule has 1 saturated heterocycles. The summed E-state index contributed by atoms with van der Waals surface area (Å²) in [4.78, 5) is 75.0. The van der Waals surface area contributed by atoms with Crippen molar-refractivity contribution in [2.24, 2.45) is 41.2 Å². The van der Waals surface area contributed by atoms with Gasteiger partial charge in [-0.2, -0.15) is 0 Å². The molecule has 0 aliphatic carbocycles. The van der Waals surface area contributed by atoms with Gasteiger partial charge in [-0.15, -0.1) is 0 Å². The largest absolute Gasteiger partial charge is 0.379 e. The molecule has 3 amide bonds. The second-order valence-electron chi connectivity index (χ2n) is 16.5. The number of rotatable bonds is 23. The number of methoxy groups -OCH3 is 2. The first-order valence-electron chi connectivity index (χ1n) is 20.2. The fraction of sp³-hybridized carbons (Fsp3) is 0.698. The molecule has 1 aromatic carbocycles. The Morgan fingerprint density at radius 2 is 1.64 bits per heavy atom. The number of carbonyl (C=O) groups excluding carboxylic acids is 5. The third kappa shape index (κ3) is 11.3. The predicted octanol–water partition coefficient (Wildman–Crippen LogP) is 5.17. The van der Waals surface area contributed by atoms with Crippen LogP contribution in [-0.2, 0) is 39.9 Å². The van der Waals surface area contributed by atoms with E-state index in [0.717, 1.165) is 29.3 Å². The summed E-state index contributed by atoms with van der Waals surface area (Å²) in [6.07, 6.45) is 3.29. The summed E-state index contributed by atoms with van der Waals surface area (Å²) < 4.78 is 12.0. The standard InChI is InChI=1S/C43H69N5O7/c1-12-27(6)40(47(9)43(53)32(25(2)3)22-36(50)39(45-8)26(4)5)37(54-10)23-38(51)48-19-15-18-34(48)41(55-11)28(7)35(49)21-29(42(44)52)20-30-24-46-33-17-14-13-16-31(30)33/h13-14,16-17,24-29,32,34,37,39-41,45-46H,12,15,18-23H2,1-11H3,(H2,44,52)/t27-,28-,29+,32-,34-,37+,39-,40-,41+/m0/s1. The van der Waals surface area contributed by atoms with Gasteiger partial charge in [0.1, 0.15) is 5.78 Å². The van der Waals surface area contributed by atoms with E-state index in [1.165, 1.54) is 0 Å². The molecule has 2 aromatic rings. The Hall–Kier alpha value is -3.61. The van der Waals surface area contributed by atoms with Crippen LogP contribution in [0.3, 0.4) is 0 Å². The number of H-pyrrole nitrogens is 1. The number of aromatic amines is 1. The molecule has 1 aliphatic rings. The lowest BCUT2D eigenvalue weighted by molar-refractivity contribution is -0.149. The Balaban J connectivity index is 1.77. The second-order valence-corrected chi connectivity index (χ2v) is 16.5. The first-order valence-corrected chi connectivity index (χ1v) is 20.2. The lowest BCUT2D eigenvalue weighted by atomic mass is 9.84. The van der Waals surface area contributed by atoms with E-state index < -0.39 is 41.9 Å². The monoisotopic (exact) mass is 768 g/mol. The first kappa shape index (κ1) is 45.8. The molecule has 0 saturated carbocycles. The molecular weight excluding hydrogens is 699 g/mol. The van der Waals surface area contributed by atoms with Crippen molar-refractivity contribution in [3.63, 3.8) is 0 Å². The molecule has 1 aliphatic heterocycles. The van der Waals surface area contributed by atoms with E-state index in [4.69, 9.17) is 15.2 Å². The predicted molar refractivity (Wildman–Crippen MR) is 216 cm³/mol. The van der Waals surface area contributed by atoms with Crippen molar-refractivity contribution in [3.05, 3.63) is 36.0 Å². The number of likely N-dealkylation sites (tertiary alicyclic amines) is 1. The Bertz CT molecular complexity index is 1590. The fourth-order valence-corrected chi connectivity index (χ4v) is 8.69. The molecule has 55 heavy (non-hydrogen) atoms. The van der Waals surface area contributed by atoms with Gasteiger partial charge >= 0.3 is 0 Å². The molecule has 4 N–H and O–H groups in total. The van der Waals surface area contributed by atoms with Crippen LogP contribution in [-0.4, -0.2) is 109 Å². The van der Waals surface area contributed by atoms with Crippen molar-refractivity contribution in [3.8, 4) is 0 Å². The van der Waals surface area contributed by atoms with Gasteiger partial charge in [-0.1, -0.05) is 73.1 Å². The van der Waals surface area contributed by atoms with E-state index in [1.54, 1.807) is 45.0 Å². The minimum atomic E-state index is -0.694. The highest BCUT2D eigenvalue weighted by molar-refractivity contribution is 5.91. The third-order valence-electron chi connectivity index (χ3n) is 12.2. The number of ether oxygens (including phenoxy) is 2. The molecule has 308 valence electrons. The molecule has 2 heterocycles. The molecule has 0 bridgehead atoms. The van der Waals surface area contributed by atoms with Gasteiger partial charge in [0.05, 0.1) is 36.8 Å². The summed E-state index contributed by atoms with van der Waals surface area (Å²) in [5, 5.41) is 4.10. The molecule has 12 nitrogen and oxygen atoms in total. The summed E-state index contributed by atoms with van der Waals surface area (Å²) in [5.74, 6) is -2.74. The summed E-state index contributed by atoms with van der Waals surface area (Å²) in [5.41, 5.74) is 7.71. The fourth-order valence-electron chi connectivity index (χ4n) is 8.69. The quantitative estimate of drug-likeness (QED) is 0.140. The van der Waals surface area contributed by atoms with Crippen molar-refractivity contribution in [1.82, 2.24) is 20.1 Å². The van der Waals surface area contributed by atoms with Gasteiger partial charge in [-0.25, -0.2) is 0 Å². The lowest BCUT2D eigenvalue weighted by Gasteiger charge is -2.41. The Morgan fingerprint density at radius 1 is 0.964 bits per heavy atom. The number of primary amides is 1. The third-order valence-corrected chi connectivity index (χ3v) is 12.2. The van der Waals surface area contributed by atoms with Crippen LogP contribution >= 0.6 is 0 Å². The van der Waals surface area contributed by atoms with Crippen LogP contribution in [0.1, 0.15) is 92.6 Å². The van der Waals surface area contributed by atoms with Crippen molar-refractivity contribution < 1.29 is 33.4 Å². The van der Waals surface area contributed by atoms with Crippen LogP contribution in [0.2, 0.25) is 0 Å². The number of aromatic nitrogens is 1. The average molecular weight is 768 g/mol. The normalized spacial score (nSPS) is 19.1. The molecule has 9 atom stereocenters. The summed E-state index contributed by atoms with van der Waals surface area (Å²) in [6, 6.07) is 6.69.